The number of thiophene rings is 1. The highest BCUT2D eigenvalue weighted by atomic mass is 79.9. The lowest BCUT2D eigenvalue weighted by molar-refractivity contribution is 0.581. The number of halogens is 1. The zero-order chi connectivity index (χ0) is 14.6. The molecule has 2 rings (SSSR count). The lowest BCUT2D eigenvalue weighted by atomic mass is 10.5. The minimum Gasteiger partial charge on any atom is -0.355 e. The molecule has 0 spiro atoms. The maximum absolute atomic E-state index is 12.1. The van der Waals surface area contributed by atoms with Crippen LogP contribution in [0.1, 0.15) is 11.8 Å². The number of nitrogens with zero attached hydrogens (tertiary/aromatic N) is 2. The van der Waals surface area contributed by atoms with Crippen LogP contribution in [0.2, 0.25) is 0 Å². The van der Waals surface area contributed by atoms with E-state index in [1.807, 2.05) is 19.1 Å². The van der Waals surface area contributed by atoms with Crippen molar-refractivity contribution in [3.05, 3.63) is 33.2 Å². The SMILES string of the molecule is CCNc1ncc(S(=O)(=O)NCc2ccc(Br)s2)cn1. The summed E-state index contributed by atoms with van der Waals surface area (Å²) in [6.07, 6.45) is 2.58. The second-order valence-electron chi connectivity index (χ2n) is 3.80. The molecule has 0 aliphatic heterocycles. The Bertz CT molecular complexity index is 670. The van der Waals surface area contributed by atoms with Crippen LogP contribution in [-0.4, -0.2) is 24.9 Å². The van der Waals surface area contributed by atoms with Crippen LogP contribution in [0, 0.1) is 0 Å². The number of hydrogen-bond donors (Lipinski definition) is 2. The normalized spacial score (nSPS) is 11.5. The molecule has 2 aromatic heterocycles. The summed E-state index contributed by atoms with van der Waals surface area (Å²) in [4.78, 5) is 8.87. The highest BCUT2D eigenvalue weighted by Crippen LogP contribution is 2.22. The van der Waals surface area contributed by atoms with Crippen molar-refractivity contribution in [3.63, 3.8) is 0 Å². The van der Waals surface area contributed by atoms with Crippen molar-refractivity contribution >= 4 is 43.2 Å². The Morgan fingerprint density at radius 2 is 2.00 bits per heavy atom. The van der Waals surface area contributed by atoms with Crippen LogP contribution in [0.25, 0.3) is 0 Å². The molecule has 6 nitrogen and oxygen atoms in total. The van der Waals surface area contributed by atoms with Crippen LogP contribution >= 0.6 is 27.3 Å². The van der Waals surface area contributed by atoms with Gasteiger partial charge in [0.05, 0.1) is 16.2 Å². The molecule has 0 amide bonds. The molecule has 0 aliphatic carbocycles. The first-order valence-electron chi connectivity index (χ1n) is 5.81. The molecule has 0 radical (unpaired) electrons. The Hall–Kier alpha value is -1.03. The van der Waals surface area contributed by atoms with Gasteiger partial charge in [0.2, 0.25) is 16.0 Å². The molecule has 0 saturated heterocycles. The Morgan fingerprint density at radius 1 is 1.30 bits per heavy atom. The quantitative estimate of drug-likeness (QED) is 0.807. The maximum atomic E-state index is 12.1. The van der Waals surface area contributed by atoms with Gasteiger partial charge >= 0.3 is 0 Å². The van der Waals surface area contributed by atoms with Crippen LogP contribution in [0.5, 0.6) is 0 Å². The van der Waals surface area contributed by atoms with Gasteiger partial charge in [-0.1, -0.05) is 0 Å². The van der Waals surface area contributed by atoms with E-state index in [2.05, 4.69) is 35.9 Å². The maximum Gasteiger partial charge on any atom is 0.243 e. The summed E-state index contributed by atoms with van der Waals surface area (Å²) in [7, 11) is -3.59. The van der Waals surface area contributed by atoms with Crippen molar-refractivity contribution in [1.29, 1.82) is 0 Å². The summed E-state index contributed by atoms with van der Waals surface area (Å²) in [6.45, 7) is 2.83. The first-order chi connectivity index (χ1) is 9.51. The number of sulfonamides is 1. The third-order valence-corrected chi connectivity index (χ3v) is 5.32. The first-order valence-corrected chi connectivity index (χ1v) is 8.90. The van der Waals surface area contributed by atoms with Gasteiger partial charge in [-0.3, -0.25) is 0 Å². The lowest BCUT2D eigenvalue weighted by Crippen LogP contribution is -2.23. The summed E-state index contributed by atoms with van der Waals surface area (Å²) >= 11 is 4.82. The summed E-state index contributed by atoms with van der Waals surface area (Å²) in [5.41, 5.74) is 0. The molecule has 2 heterocycles. The topological polar surface area (TPSA) is 84.0 Å². The molecule has 0 saturated carbocycles. The Morgan fingerprint density at radius 3 is 2.55 bits per heavy atom. The summed E-state index contributed by atoms with van der Waals surface area (Å²) in [6, 6.07) is 3.74. The van der Waals surface area contributed by atoms with E-state index in [1.165, 1.54) is 23.7 Å². The van der Waals surface area contributed by atoms with E-state index in [4.69, 9.17) is 0 Å². The molecule has 0 bridgehead atoms. The minimum absolute atomic E-state index is 0.0507. The van der Waals surface area contributed by atoms with Crippen molar-refractivity contribution in [2.75, 3.05) is 11.9 Å². The number of nitrogens with one attached hydrogen (secondary N) is 2. The van der Waals surface area contributed by atoms with Crippen LogP contribution in [0.4, 0.5) is 5.95 Å². The number of anilines is 1. The molecule has 20 heavy (non-hydrogen) atoms. The largest absolute Gasteiger partial charge is 0.355 e. The number of hydrogen-bond acceptors (Lipinski definition) is 6. The van der Waals surface area contributed by atoms with E-state index in [0.717, 1.165) is 8.66 Å². The number of rotatable bonds is 6. The minimum atomic E-state index is -3.59. The molecular weight excluding hydrogens is 364 g/mol. The van der Waals surface area contributed by atoms with Crippen molar-refractivity contribution in [1.82, 2.24) is 14.7 Å². The standard InChI is InChI=1S/C11H13BrN4O2S2/c1-2-13-11-14-6-9(7-15-11)20(17,18)16-5-8-3-4-10(12)19-8/h3-4,6-7,16H,2,5H2,1H3,(H,13,14,15). The van der Waals surface area contributed by atoms with Crippen LogP contribution < -0.4 is 10.0 Å². The molecule has 2 aromatic rings. The zero-order valence-electron chi connectivity index (χ0n) is 10.6. The van der Waals surface area contributed by atoms with Crippen molar-refractivity contribution in [2.45, 2.75) is 18.4 Å². The fraction of sp³-hybridized carbons (Fsp3) is 0.273. The second kappa shape index (κ2) is 6.61. The zero-order valence-corrected chi connectivity index (χ0v) is 13.8. The van der Waals surface area contributed by atoms with Gasteiger partial charge in [-0.2, -0.15) is 0 Å². The molecule has 0 aliphatic rings. The van der Waals surface area contributed by atoms with E-state index in [0.29, 0.717) is 12.5 Å². The average Bonchev–Trinajstić information content (AvgIpc) is 2.84. The predicted octanol–water partition coefficient (Wildman–Crippen LogP) is 2.21. The van der Waals surface area contributed by atoms with Gasteiger partial charge in [0.25, 0.3) is 0 Å². The molecule has 0 fully saturated rings. The Balaban J connectivity index is 2.05. The van der Waals surface area contributed by atoms with Gasteiger partial charge < -0.3 is 5.32 Å². The van der Waals surface area contributed by atoms with Gasteiger partial charge in [0.1, 0.15) is 4.90 Å². The molecule has 108 valence electrons. The first kappa shape index (κ1) is 15.4. The smallest absolute Gasteiger partial charge is 0.243 e. The third-order valence-electron chi connectivity index (χ3n) is 2.34. The third kappa shape index (κ3) is 3.98. The fourth-order valence-corrected chi connectivity index (χ4v) is 3.81. The van der Waals surface area contributed by atoms with Crippen LogP contribution in [-0.2, 0) is 16.6 Å². The molecule has 2 N–H and O–H groups in total. The summed E-state index contributed by atoms with van der Waals surface area (Å²) in [5.74, 6) is 0.411. The molecule has 9 heteroatoms. The molecule has 0 atom stereocenters. The van der Waals surface area contributed by atoms with Gasteiger partial charge in [-0.25, -0.2) is 23.1 Å². The Kier molecular flexibility index (Phi) is 5.08. The fourth-order valence-electron chi connectivity index (χ4n) is 1.40. The van der Waals surface area contributed by atoms with Gasteiger partial charge in [0, 0.05) is 18.0 Å². The summed E-state index contributed by atoms with van der Waals surface area (Å²) in [5, 5.41) is 2.91. The van der Waals surface area contributed by atoms with Crippen molar-refractivity contribution in [3.8, 4) is 0 Å². The lowest BCUT2D eigenvalue weighted by Gasteiger charge is -2.06. The molecular formula is C11H13BrN4O2S2. The highest BCUT2D eigenvalue weighted by molar-refractivity contribution is 9.11. The van der Waals surface area contributed by atoms with Gasteiger partial charge in [-0.05, 0) is 35.0 Å². The Labute approximate surface area is 129 Å². The molecule has 0 aromatic carbocycles. The van der Waals surface area contributed by atoms with Crippen molar-refractivity contribution < 1.29 is 8.42 Å². The average molecular weight is 377 g/mol. The van der Waals surface area contributed by atoms with E-state index < -0.39 is 10.0 Å². The monoisotopic (exact) mass is 376 g/mol. The summed E-state index contributed by atoms with van der Waals surface area (Å²) < 4.78 is 27.6. The van der Waals surface area contributed by atoms with Crippen LogP contribution in [0.3, 0.4) is 0 Å². The molecule has 0 unspecified atom stereocenters. The van der Waals surface area contributed by atoms with Gasteiger partial charge in [-0.15, -0.1) is 11.3 Å². The number of aromatic nitrogens is 2. The van der Waals surface area contributed by atoms with Crippen molar-refractivity contribution in [2.24, 2.45) is 0 Å². The predicted molar refractivity (Wildman–Crippen MR) is 82.2 cm³/mol. The second-order valence-corrected chi connectivity index (χ2v) is 8.12. The van der Waals surface area contributed by atoms with E-state index in [1.54, 1.807) is 0 Å². The van der Waals surface area contributed by atoms with E-state index in [9.17, 15) is 8.42 Å². The van der Waals surface area contributed by atoms with Gasteiger partial charge in [0.15, 0.2) is 0 Å². The van der Waals surface area contributed by atoms with Crippen LogP contribution in [0.15, 0.2) is 33.2 Å². The highest BCUT2D eigenvalue weighted by Gasteiger charge is 2.15. The van der Waals surface area contributed by atoms with E-state index in [-0.39, 0.29) is 11.4 Å². The van der Waals surface area contributed by atoms with E-state index >= 15 is 0 Å².